The Hall–Kier alpha value is -3.80. The third-order valence-electron chi connectivity index (χ3n) is 5.48. The van der Waals surface area contributed by atoms with Crippen LogP contribution in [0, 0.1) is 18.3 Å². The van der Waals surface area contributed by atoms with Gasteiger partial charge in [0.25, 0.3) is 6.01 Å². The van der Waals surface area contributed by atoms with Crippen LogP contribution in [-0.4, -0.2) is 38.9 Å². The number of aromatic hydroxyl groups is 1. The lowest BCUT2D eigenvalue weighted by Gasteiger charge is -2.24. The monoisotopic (exact) mass is 449 g/mol. The summed E-state index contributed by atoms with van der Waals surface area (Å²) in [6, 6.07) is 8.82. The molecule has 0 unspecified atom stereocenters. The van der Waals surface area contributed by atoms with E-state index in [0.717, 1.165) is 24.8 Å². The van der Waals surface area contributed by atoms with E-state index < -0.39 is 11.7 Å². The number of hydrogen-bond acceptors (Lipinski definition) is 8. The number of anilines is 1. The molecule has 1 fully saturated rings. The largest absolute Gasteiger partial charge is 0.507 e. The van der Waals surface area contributed by atoms with Gasteiger partial charge in [0.15, 0.2) is 5.58 Å². The van der Waals surface area contributed by atoms with Gasteiger partial charge >= 0.3 is 6.09 Å². The van der Waals surface area contributed by atoms with Crippen molar-refractivity contribution in [3.63, 3.8) is 0 Å². The van der Waals surface area contributed by atoms with Gasteiger partial charge in [-0.05, 0) is 76.8 Å². The number of oxazole rings is 1. The van der Waals surface area contributed by atoms with Crippen LogP contribution >= 0.6 is 0 Å². The molecule has 33 heavy (non-hydrogen) atoms. The van der Waals surface area contributed by atoms with Crippen molar-refractivity contribution >= 4 is 23.3 Å². The second kappa shape index (κ2) is 8.62. The smallest absolute Gasteiger partial charge is 0.407 e. The van der Waals surface area contributed by atoms with Crippen molar-refractivity contribution < 1.29 is 19.1 Å². The second-order valence-corrected chi connectivity index (χ2v) is 9.27. The number of nitrogens with one attached hydrogen (secondary N) is 2. The first-order chi connectivity index (χ1) is 15.6. The number of rotatable bonds is 4. The van der Waals surface area contributed by atoms with Crippen LogP contribution in [-0.2, 0) is 4.74 Å². The Labute approximate surface area is 191 Å². The molecule has 0 bridgehead atoms. The predicted octanol–water partition coefficient (Wildman–Crippen LogP) is 4.63. The highest BCUT2D eigenvalue weighted by molar-refractivity contribution is 5.79. The minimum Gasteiger partial charge on any atom is -0.507 e. The van der Waals surface area contributed by atoms with E-state index in [-0.39, 0.29) is 17.8 Å². The fourth-order valence-electron chi connectivity index (χ4n) is 4.11. The number of nitriles is 1. The Morgan fingerprint density at radius 1 is 1.24 bits per heavy atom. The minimum atomic E-state index is -0.559. The Morgan fingerprint density at radius 2 is 2.00 bits per heavy atom. The van der Waals surface area contributed by atoms with E-state index in [1.54, 1.807) is 18.2 Å². The van der Waals surface area contributed by atoms with Crippen LogP contribution in [0.4, 0.5) is 10.8 Å². The van der Waals surface area contributed by atoms with Gasteiger partial charge in [-0.15, -0.1) is 0 Å². The Kier molecular flexibility index (Phi) is 5.85. The first kappa shape index (κ1) is 22.4. The maximum atomic E-state index is 12.2. The summed E-state index contributed by atoms with van der Waals surface area (Å²) >= 11 is 0. The first-order valence-electron chi connectivity index (χ1n) is 10.9. The lowest BCUT2D eigenvalue weighted by Crippen LogP contribution is -2.45. The van der Waals surface area contributed by atoms with Gasteiger partial charge in [-0.25, -0.2) is 9.78 Å². The van der Waals surface area contributed by atoms with Crippen LogP contribution in [0.3, 0.4) is 0 Å². The number of fused-ring (bicyclic) bond motifs is 1. The van der Waals surface area contributed by atoms with Gasteiger partial charge in [-0.2, -0.15) is 10.2 Å². The fraction of sp³-hybridized carbons (Fsp3) is 0.417. The molecule has 9 heteroatoms. The van der Waals surface area contributed by atoms with Gasteiger partial charge in [0.1, 0.15) is 11.4 Å². The maximum absolute atomic E-state index is 12.2. The van der Waals surface area contributed by atoms with Gasteiger partial charge in [-0.3, -0.25) is 0 Å². The minimum absolute atomic E-state index is 0.0118. The first-order valence-corrected chi connectivity index (χ1v) is 10.9. The highest BCUT2D eigenvalue weighted by Crippen LogP contribution is 2.34. The van der Waals surface area contributed by atoms with Crippen LogP contribution in [0.1, 0.15) is 51.2 Å². The van der Waals surface area contributed by atoms with E-state index in [4.69, 9.17) is 14.4 Å². The number of aromatic nitrogens is 2. The van der Waals surface area contributed by atoms with Gasteiger partial charge in [0.05, 0.1) is 29.4 Å². The molecule has 9 nitrogen and oxygen atoms in total. The summed E-state index contributed by atoms with van der Waals surface area (Å²) < 4.78 is 11.2. The molecule has 2 heterocycles. The Balaban J connectivity index is 1.52. The van der Waals surface area contributed by atoms with Crippen molar-refractivity contribution in [1.82, 2.24) is 15.3 Å². The molecule has 2 atom stereocenters. The van der Waals surface area contributed by atoms with E-state index in [1.165, 1.54) is 6.07 Å². The Morgan fingerprint density at radius 3 is 2.70 bits per heavy atom. The number of ether oxygens (including phenoxy) is 1. The summed E-state index contributed by atoms with van der Waals surface area (Å²) in [7, 11) is 0. The predicted molar refractivity (Wildman–Crippen MR) is 123 cm³/mol. The van der Waals surface area contributed by atoms with E-state index in [2.05, 4.69) is 20.6 Å². The standard InChI is InChI=1S/C24H27N5O4/c1-13-10-14(12-25)11-18(30)20(13)17-8-9-19-21(26-17)29-22(32-19)27-15-6-5-7-16(15)28-23(31)33-24(2,3)4/h8-11,15-16,30H,5-7H2,1-4H3,(H,28,31)(H,26,27,29)/t15-,16-/m1/s1. The third kappa shape index (κ3) is 5.00. The second-order valence-electron chi connectivity index (χ2n) is 9.27. The molecule has 0 saturated heterocycles. The normalized spacial score (nSPS) is 18.2. The number of nitrogens with zero attached hydrogens (tertiary/aromatic N) is 3. The molecule has 0 aliphatic heterocycles. The van der Waals surface area contributed by atoms with E-state index in [0.29, 0.717) is 34.1 Å². The number of phenolic OH excluding ortho intramolecular Hbond substituents is 1. The van der Waals surface area contributed by atoms with Gasteiger partial charge in [0, 0.05) is 5.56 Å². The average Bonchev–Trinajstić information content (AvgIpc) is 3.32. The summed E-state index contributed by atoms with van der Waals surface area (Å²) in [5, 5.41) is 25.7. The molecule has 172 valence electrons. The van der Waals surface area contributed by atoms with Crippen LogP contribution in [0.25, 0.3) is 22.5 Å². The molecule has 0 radical (unpaired) electrons. The van der Waals surface area contributed by atoms with Gasteiger partial charge in [0.2, 0.25) is 5.65 Å². The Bertz CT molecular complexity index is 1210. The van der Waals surface area contributed by atoms with Crippen molar-refractivity contribution in [2.24, 2.45) is 0 Å². The van der Waals surface area contributed by atoms with Crippen LogP contribution in [0.5, 0.6) is 5.75 Å². The number of amides is 1. The lowest BCUT2D eigenvalue weighted by atomic mass is 10.0. The molecule has 0 spiro atoms. The zero-order chi connectivity index (χ0) is 23.8. The molecular weight excluding hydrogens is 422 g/mol. The van der Waals surface area contributed by atoms with Crippen LogP contribution in [0.15, 0.2) is 28.7 Å². The molecule has 3 aromatic rings. The number of carbonyl (C=O) groups is 1. The molecule has 1 saturated carbocycles. The summed E-state index contributed by atoms with van der Waals surface area (Å²) in [6.07, 6.45) is 2.20. The number of phenols is 1. The summed E-state index contributed by atoms with van der Waals surface area (Å²) in [5.41, 5.74) is 2.54. The SMILES string of the molecule is Cc1cc(C#N)cc(O)c1-c1ccc2oc(N[C@@H]3CCC[C@H]3NC(=O)OC(C)(C)C)nc2n1. The van der Waals surface area contributed by atoms with Crippen molar-refractivity contribution in [2.45, 2.75) is 64.6 Å². The average molecular weight is 450 g/mol. The highest BCUT2D eigenvalue weighted by atomic mass is 16.6. The molecule has 1 amide bonds. The number of carbonyl (C=O) groups excluding carboxylic acids is 1. The fourth-order valence-corrected chi connectivity index (χ4v) is 4.11. The summed E-state index contributed by atoms with van der Waals surface area (Å²) in [6.45, 7) is 7.30. The maximum Gasteiger partial charge on any atom is 0.407 e. The number of alkyl carbamates (subject to hydrolysis) is 1. The molecule has 1 aliphatic rings. The van der Waals surface area contributed by atoms with Crippen molar-refractivity contribution in [3.05, 3.63) is 35.4 Å². The van der Waals surface area contributed by atoms with Gasteiger partial charge < -0.3 is 24.9 Å². The quantitative estimate of drug-likeness (QED) is 0.525. The van der Waals surface area contributed by atoms with Crippen molar-refractivity contribution in [3.8, 4) is 23.1 Å². The van der Waals surface area contributed by atoms with Gasteiger partial charge in [-0.1, -0.05) is 0 Å². The number of aryl methyl sites for hydroxylation is 1. The lowest BCUT2D eigenvalue weighted by molar-refractivity contribution is 0.0502. The zero-order valence-electron chi connectivity index (χ0n) is 19.1. The molecule has 3 N–H and O–H groups in total. The number of pyridine rings is 1. The van der Waals surface area contributed by atoms with E-state index >= 15 is 0 Å². The summed E-state index contributed by atoms with van der Waals surface area (Å²) in [4.78, 5) is 21.2. The number of hydrogen-bond donors (Lipinski definition) is 3. The highest BCUT2D eigenvalue weighted by Gasteiger charge is 2.31. The third-order valence-corrected chi connectivity index (χ3v) is 5.48. The zero-order valence-corrected chi connectivity index (χ0v) is 19.1. The molecule has 2 aromatic heterocycles. The summed E-state index contributed by atoms with van der Waals surface area (Å²) in [5.74, 6) is -0.0118. The molecule has 1 aromatic carbocycles. The van der Waals surface area contributed by atoms with Crippen LogP contribution < -0.4 is 10.6 Å². The topological polar surface area (TPSA) is 133 Å². The molecule has 4 rings (SSSR count). The van der Waals surface area contributed by atoms with E-state index in [9.17, 15) is 9.90 Å². The van der Waals surface area contributed by atoms with Crippen molar-refractivity contribution in [1.29, 1.82) is 5.26 Å². The van der Waals surface area contributed by atoms with Crippen LogP contribution in [0.2, 0.25) is 0 Å². The molecular formula is C24H27N5O4. The van der Waals surface area contributed by atoms with E-state index in [1.807, 2.05) is 33.8 Å². The number of benzene rings is 1. The molecule has 1 aliphatic carbocycles. The van der Waals surface area contributed by atoms with Crippen molar-refractivity contribution in [2.75, 3.05) is 5.32 Å².